The number of carbonyl (C=O) groups is 3. The van der Waals surface area contributed by atoms with Crippen LogP contribution in [0.15, 0.2) is 30.3 Å². The third-order valence-electron chi connectivity index (χ3n) is 3.13. The summed E-state index contributed by atoms with van der Waals surface area (Å²) in [6, 6.07) is 6.32. The zero-order valence-electron chi connectivity index (χ0n) is 11.5. The number of amides is 1. The maximum atomic E-state index is 11.8. The van der Waals surface area contributed by atoms with Crippen molar-refractivity contribution in [3.05, 3.63) is 35.9 Å². The smallest absolute Gasteiger partial charge is 0.326 e. The van der Waals surface area contributed by atoms with Crippen LogP contribution in [0.2, 0.25) is 0 Å². The van der Waals surface area contributed by atoms with Gasteiger partial charge in [0, 0.05) is 6.42 Å². The van der Waals surface area contributed by atoms with Crippen molar-refractivity contribution >= 4 is 17.8 Å². The molecule has 0 aromatic heterocycles. The van der Waals surface area contributed by atoms with Gasteiger partial charge >= 0.3 is 11.9 Å². The van der Waals surface area contributed by atoms with E-state index in [1.807, 2.05) is 0 Å². The molecule has 7 heteroatoms. The number of nitrogens with two attached hydrogens (primary N) is 1. The van der Waals surface area contributed by atoms with E-state index in [9.17, 15) is 14.4 Å². The molecule has 0 spiro atoms. The average molecular weight is 294 g/mol. The van der Waals surface area contributed by atoms with Crippen LogP contribution in [0.3, 0.4) is 0 Å². The Morgan fingerprint density at radius 2 is 1.71 bits per heavy atom. The van der Waals surface area contributed by atoms with Crippen LogP contribution in [-0.2, 0) is 20.8 Å². The molecule has 7 nitrogen and oxygen atoms in total. The summed E-state index contributed by atoms with van der Waals surface area (Å²) in [5.74, 6) is -4.32. The van der Waals surface area contributed by atoms with Gasteiger partial charge in [-0.25, -0.2) is 4.79 Å². The average Bonchev–Trinajstić information content (AvgIpc) is 2.45. The normalized spacial score (nSPS) is 14.8. The molecule has 1 aromatic rings. The van der Waals surface area contributed by atoms with Crippen LogP contribution in [0.4, 0.5) is 0 Å². The Hall–Kier alpha value is -2.41. The fraction of sp³-hybridized carbons (Fsp3) is 0.357. The summed E-state index contributed by atoms with van der Waals surface area (Å²) in [6.45, 7) is 1.29. The molecule has 0 aliphatic carbocycles. The molecule has 5 N–H and O–H groups in total. The van der Waals surface area contributed by atoms with Crippen molar-refractivity contribution in [3.63, 3.8) is 0 Å². The van der Waals surface area contributed by atoms with Gasteiger partial charge in [-0.3, -0.25) is 9.59 Å². The number of rotatable bonds is 7. The molecule has 21 heavy (non-hydrogen) atoms. The molecular weight excluding hydrogens is 276 g/mol. The van der Waals surface area contributed by atoms with Crippen LogP contribution in [-0.4, -0.2) is 40.1 Å². The van der Waals surface area contributed by atoms with Gasteiger partial charge in [0.15, 0.2) is 0 Å². The second kappa shape index (κ2) is 7.39. The first-order chi connectivity index (χ1) is 9.82. The number of benzene rings is 1. The minimum Gasteiger partial charge on any atom is -0.481 e. The number of carbonyl (C=O) groups excluding carboxylic acids is 1. The Labute approximate surface area is 121 Å². The molecule has 0 aliphatic heterocycles. The van der Waals surface area contributed by atoms with E-state index in [0.717, 1.165) is 5.56 Å². The van der Waals surface area contributed by atoms with Gasteiger partial charge in [0.2, 0.25) is 5.91 Å². The third-order valence-corrected chi connectivity index (χ3v) is 3.13. The zero-order chi connectivity index (χ0) is 16.0. The molecule has 0 saturated carbocycles. The molecule has 1 unspecified atom stereocenters. The summed E-state index contributed by atoms with van der Waals surface area (Å²) in [5, 5.41) is 20.2. The number of hydrogen-bond acceptors (Lipinski definition) is 4. The first kappa shape index (κ1) is 16.6. The van der Waals surface area contributed by atoms with Gasteiger partial charge in [-0.1, -0.05) is 30.3 Å². The summed E-state index contributed by atoms with van der Waals surface area (Å²) < 4.78 is 0. The summed E-state index contributed by atoms with van der Waals surface area (Å²) in [7, 11) is 0. The molecule has 114 valence electrons. The van der Waals surface area contributed by atoms with Gasteiger partial charge in [-0.05, 0) is 12.5 Å². The number of nitrogens with one attached hydrogen (secondary N) is 1. The Balaban J connectivity index is 2.73. The highest BCUT2D eigenvalue weighted by atomic mass is 16.4. The third kappa shape index (κ3) is 4.88. The second-order valence-electron chi connectivity index (χ2n) is 4.74. The Bertz CT molecular complexity index is 517. The number of carboxylic acids is 2. The predicted octanol–water partition coefficient (Wildman–Crippen LogP) is -0.153. The van der Waals surface area contributed by atoms with Gasteiger partial charge in [0.1, 0.15) is 6.04 Å². The van der Waals surface area contributed by atoms with Crippen molar-refractivity contribution in [2.75, 3.05) is 0 Å². The fourth-order valence-electron chi connectivity index (χ4n) is 1.70. The van der Waals surface area contributed by atoms with E-state index in [4.69, 9.17) is 15.9 Å². The monoisotopic (exact) mass is 294 g/mol. The molecule has 0 aliphatic rings. The first-order valence-electron chi connectivity index (χ1n) is 6.38. The van der Waals surface area contributed by atoms with Gasteiger partial charge in [-0.15, -0.1) is 0 Å². The number of carboxylic acid groups (broad SMARTS) is 2. The molecule has 1 rings (SSSR count). The maximum absolute atomic E-state index is 11.8. The van der Waals surface area contributed by atoms with Crippen LogP contribution >= 0.6 is 0 Å². The lowest BCUT2D eigenvalue weighted by Gasteiger charge is -2.20. The van der Waals surface area contributed by atoms with Crippen molar-refractivity contribution in [1.29, 1.82) is 0 Å². The standard InChI is InChI=1S/C14H18N2O5/c1-8(13(18)19)11(15)12(17)16-10(14(20)21)7-9-5-3-2-4-6-9/h2-6,8,10-11H,7,15H2,1H3,(H,16,17)(H,18,19)(H,20,21)/t8?,10-,11-/m0/s1. The van der Waals surface area contributed by atoms with Crippen LogP contribution in [0.1, 0.15) is 12.5 Å². The molecule has 1 aromatic carbocycles. The Morgan fingerprint density at radius 3 is 2.19 bits per heavy atom. The van der Waals surface area contributed by atoms with E-state index in [0.29, 0.717) is 0 Å². The lowest BCUT2D eigenvalue weighted by molar-refractivity contribution is -0.145. The quantitative estimate of drug-likeness (QED) is 0.553. The van der Waals surface area contributed by atoms with Crippen molar-refractivity contribution in [3.8, 4) is 0 Å². The van der Waals surface area contributed by atoms with Gasteiger partial charge < -0.3 is 21.3 Å². The lowest BCUT2D eigenvalue weighted by Crippen LogP contribution is -2.52. The molecule has 0 saturated heterocycles. The number of aliphatic carboxylic acids is 2. The minimum atomic E-state index is -1.31. The maximum Gasteiger partial charge on any atom is 0.326 e. The highest BCUT2D eigenvalue weighted by molar-refractivity contribution is 5.90. The van der Waals surface area contributed by atoms with Crippen molar-refractivity contribution in [2.45, 2.75) is 25.4 Å². The fourth-order valence-corrected chi connectivity index (χ4v) is 1.70. The SMILES string of the molecule is CC(C(=O)O)[C@H](N)C(=O)N[C@@H](Cc1ccccc1)C(=O)O. The minimum absolute atomic E-state index is 0.0933. The van der Waals surface area contributed by atoms with Crippen molar-refractivity contribution in [2.24, 2.45) is 11.7 Å². The molecule has 0 heterocycles. The highest BCUT2D eigenvalue weighted by Gasteiger charge is 2.29. The van der Waals surface area contributed by atoms with E-state index < -0.39 is 35.8 Å². The topological polar surface area (TPSA) is 130 Å². The van der Waals surface area contributed by atoms with Crippen molar-refractivity contribution < 1.29 is 24.6 Å². The summed E-state index contributed by atoms with van der Waals surface area (Å²) in [4.78, 5) is 33.8. The summed E-state index contributed by atoms with van der Waals surface area (Å²) in [6.07, 6.45) is 0.0933. The van der Waals surface area contributed by atoms with Gasteiger partial charge in [0.05, 0.1) is 12.0 Å². The Kier molecular flexibility index (Phi) is 5.86. The highest BCUT2D eigenvalue weighted by Crippen LogP contribution is 2.06. The summed E-state index contributed by atoms with van der Waals surface area (Å²) in [5.41, 5.74) is 6.26. The zero-order valence-corrected chi connectivity index (χ0v) is 11.5. The van der Waals surface area contributed by atoms with Crippen LogP contribution in [0.5, 0.6) is 0 Å². The largest absolute Gasteiger partial charge is 0.481 e. The van der Waals surface area contributed by atoms with E-state index in [2.05, 4.69) is 5.32 Å². The first-order valence-corrected chi connectivity index (χ1v) is 6.38. The van der Waals surface area contributed by atoms with E-state index in [-0.39, 0.29) is 6.42 Å². The molecular formula is C14H18N2O5. The van der Waals surface area contributed by atoms with Crippen molar-refractivity contribution in [1.82, 2.24) is 5.32 Å². The molecule has 0 fully saturated rings. The number of hydrogen-bond donors (Lipinski definition) is 4. The van der Waals surface area contributed by atoms with E-state index in [1.54, 1.807) is 30.3 Å². The second-order valence-corrected chi connectivity index (χ2v) is 4.74. The molecule has 3 atom stereocenters. The van der Waals surface area contributed by atoms with E-state index >= 15 is 0 Å². The molecule has 0 radical (unpaired) electrons. The van der Waals surface area contributed by atoms with Crippen LogP contribution in [0, 0.1) is 5.92 Å². The van der Waals surface area contributed by atoms with E-state index in [1.165, 1.54) is 6.92 Å². The Morgan fingerprint density at radius 1 is 1.14 bits per heavy atom. The predicted molar refractivity (Wildman–Crippen MR) is 74.5 cm³/mol. The molecule has 0 bridgehead atoms. The summed E-state index contributed by atoms with van der Waals surface area (Å²) >= 11 is 0. The molecule has 1 amide bonds. The lowest BCUT2D eigenvalue weighted by atomic mass is 10.0. The van der Waals surface area contributed by atoms with Gasteiger partial charge in [0.25, 0.3) is 0 Å². The van der Waals surface area contributed by atoms with Gasteiger partial charge in [-0.2, -0.15) is 0 Å². The van der Waals surface area contributed by atoms with Crippen LogP contribution in [0.25, 0.3) is 0 Å². The van der Waals surface area contributed by atoms with Crippen LogP contribution < -0.4 is 11.1 Å².